The minimum Gasteiger partial charge on any atom is -0.313 e. The van der Waals surface area contributed by atoms with Gasteiger partial charge < -0.3 is 10.2 Å². The van der Waals surface area contributed by atoms with Gasteiger partial charge in [-0.25, -0.2) is 0 Å². The lowest BCUT2D eigenvalue weighted by Gasteiger charge is -2.51. The molecule has 4 rings (SSSR count). The summed E-state index contributed by atoms with van der Waals surface area (Å²) in [7, 11) is 0. The second-order valence-corrected chi connectivity index (χ2v) is 6.10. The monoisotopic (exact) mass is 237 g/mol. The van der Waals surface area contributed by atoms with E-state index in [0.717, 1.165) is 24.5 Å². The number of hydrogen-bond acceptors (Lipinski definition) is 3. The van der Waals surface area contributed by atoms with Crippen LogP contribution < -0.4 is 5.32 Å². The molecule has 0 spiro atoms. The molecule has 0 saturated carbocycles. The number of fused-ring (bicyclic) bond motifs is 3. The van der Waals surface area contributed by atoms with Crippen LogP contribution in [0.5, 0.6) is 0 Å². The van der Waals surface area contributed by atoms with Gasteiger partial charge in [0.1, 0.15) is 0 Å². The minimum atomic E-state index is 0.754. The number of rotatable bonds is 3. The van der Waals surface area contributed by atoms with Gasteiger partial charge in [0, 0.05) is 25.2 Å². The molecule has 17 heavy (non-hydrogen) atoms. The summed E-state index contributed by atoms with van der Waals surface area (Å²) in [6.45, 7) is 10.1. The summed E-state index contributed by atoms with van der Waals surface area (Å²) in [5.41, 5.74) is 0. The van der Waals surface area contributed by atoms with E-state index in [2.05, 4.69) is 22.0 Å². The zero-order valence-electron chi connectivity index (χ0n) is 11.2. The van der Waals surface area contributed by atoms with Crippen LogP contribution in [-0.2, 0) is 0 Å². The van der Waals surface area contributed by atoms with E-state index in [4.69, 9.17) is 0 Å². The third-order valence-corrected chi connectivity index (χ3v) is 5.04. The molecular formula is C14H27N3. The van der Waals surface area contributed by atoms with Crippen LogP contribution in [-0.4, -0.2) is 61.2 Å². The Morgan fingerprint density at radius 1 is 1.06 bits per heavy atom. The quantitative estimate of drug-likeness (QED) is 0.794. The van der Waals surface area contributed by atoms with Gasteiger partial charge in [-0.2, -0.15) is 0 Å². The summed E-state index contributed by atoms with van der Waals surface area (Å²) in [4.78, 5) is 5.48. The van der Waals surface area contributed by atoms with E-state index in [9.17, 15) is 0 Å². The molecule has 3 nitrogen and oxygen atoms in total. The second-order valence-electron chi connectivity index (χ2n) is 6.10. The zero-order valence-corrected chi connectivity index (χ0v) is 11.2. The van der Waals surface area contributed by atoms with Crippen LogP contribution in [0.15, 0.2) is 0 Å². The Balaban J connectivity index is 1.60. The highest BCUT2D eigenvalue weighted by Gasteiger charge is 2.38. The predicted octanol–water partition coefficient (Wildman–Crippen LogP) is 1.15. The third kappa shape index (κ3) is 2.51. The third-order valence-electron chi connectivity index (χ3n) is 5.04. The van der Waals surface area contributed by atoms with Gasteiger partial charge in [0.05, 0.1) is 0 Å². The number of nitrogens with one attached hydrogen (secondary N) is 1. The summed E-state index contributed by atoms with van der Waals surface area (Å²) in [6, 6.07) is 1.63. The SMILES string of the molecule is CCNC1CCCN(C2CN3CCC2CC3)C1. The summed E-state index contributed by atoms with van der Waals surface area (Å²) in [6.07, 6.45) is 5.67. The molecule has 2 unspecified atom stereocenters. The molecule has 0 radical (unpaired) electrons. The van der Waals surface area contributed by atoms with Crippen molar-refractivity contribution in [3.63, 3.8) is 0 Å². The summed E-state index contributed by atoms with van der Waals surface area (Å²) in [5, 5.41) is 3.64. The van der Waals surface area contributed by atoms with E-state index in [1.807, 2.05) is 0 Å². The lowest BCUT2D eigenvalue weighted by Crippen LogP contribution is -2.60. The van der Waals surface area contributed by atoms with Crippen molar-refractivity contribution in [1.29, 1.82) is 0 Å². The number of nitrogens with zero attached hydrogens (tertiary/aromatic N) is 2. The fraction of sp³-hybridized carbons (Fsp3) is 1.00. The van der Waals surface area contributed by atoms with Crippen molar-refractivity contribution >= 4 is 0 Å². The number of piperidine rings is 4. The van der Waals surface area contributed by atoms with E-state index in [1.54, 1.807) is 0 Å². The highest BCUT2D eigenvalue weighted by Crippen LogP contribution is 2.32. The molecule has 2 bridgehead atoms. The number of hydrogen-bond donors (Lipinski definition) is 1. The Morgan fingerprint density at radius 2 is 1.88 bits per heavy atom. The molecule has 0 aromatic carbocycles. The van der Waals surface area contributed by atoms with Gasteiger partial charge in [0.2, 0.25) is 0 Å². The molecule has 0 aliphatic carbocycles. The van der Waals surface area contributed by atoms with Gasteiger partial charge in [-0.05, 0) is 57.8 Å². The lowest BCUT2D eigenvalue weighted by atomic mass is 9.82. The first-order valence-corrected chi connectivity index (χ1v) is 7.56. The van der Waals surface area contributed by atoms with E-state index in [0.29, 0.717) is 0 Å². The maximum Gasteiger partial charge on any atom is 0.0252 e. The zero-order chi connectivity index (χ0) is 11.7. The van der Waals surface area contributed by atoms with Gasteiger partial charge in [-0.15, -0.1) is 0 Å². The lowest BCUT2D eigenvalue weighted by molar-refractivity contribution is -0.00772. The van der Waals surface area contributed by atoms with E-state index in [1.165, 1.54) is 58.4 Å². The first-order chi connectivity index (χ1) is 8.36. The van der Waals surface area contributed by atoms with Gasteiger partial charge in [-0.3, -0.25) is 4.90 Å². The average molecular weight is 237 g/mol. The van der Waals surface area contributed by atoms with Crippen LogP contribution >= 0.6 is 0 Å². The number of likely N-dealkylation sites (tertiary alicyclic amines) is 1. The molecular weight excluding hydrogens is 210 g/mol. The molecule has 1 N–H and O–H groups in total. The van der Waals surface area contributed by atoms with Crippen LogP contribution in [0.3, 0.4) is 0 Å². The van der Waals surface area contributed by atoms with Crippen molar-refractivity contribution in [3.8, 4) is 0 Å². The maximum atomic E-state index is 3.64. The summed E-state index contributed by atoms with van der Waals surface area (Å²) < 4.78 is 0. The van der Waals surface area contributed by atoms with Crippen molar-refractivity contribution in [1.82, 2.24) is 15.1 Å². The molecule has 98 valence electrons. The molecule has 4 fully saturated rings. The summed E-state index contributed by atoms with van der Waals surface area (Å²) >= 11 is 0. The Morgan fingerprint density at radius 3 is 2.53 bits per heavy atom. The Labute approximate surface area is 106 Å². The molecule has 0 aromatic heterocycles. The van der Waals surface area contributed by atoms with Crippen LogP contribution in [0.4, 0.5) is 0 Å². The Kier molecular flexibility index (Phi) is 3.69. The van der Waals surface area contributed by atoms with Crippen molar-refractivity contribution in [2.24, 2.45) is 5.92 Å². The predicted molar refractivity (Wildman–Crippen MR) is 71.2 cm³/mol. The van der Waals surface area contributed by atoms with E-state index < -0.39 is 0 Å². The molecule has 2 atom stereocenters. The maximum absolute atomic E-state index is 3.64. The van der Waals surface area contributed by atoms with E-state index in [-0.39, 0.29) is 0 Å². The fourth-order valence-corrected chi connectivity index (χ4v) is 4.11. The molecule has 4 saturated heterocycles. The van der Waals surface area contributed by atoms with Crippen molar-refractivity contribution in [2.45, 2.75) is 44.7 Å². The van der Waals surface area contributed by atoms with Crippen LogP contribution in [0.1, 0.15) is 32.6 Å². The smallest absolute Gasteiger partial charge is 0.0252 e. The topological polar surface area (TPSA) is 18.5 Å². The first kappa shape index (κ1) is 11.9. The summed E-state index contributed by atoms with van der Waals surface area (Å²) in [5.74, 6) is 1.00. The standard InChI is InChI=1S/C14H27N3/c1-2-15-13-4-3-7-17(10-13)14-11-16-8-5-12(14)6-9-16/h12-15H,2-11H2,1H3. The minimum absolute atomic E-state index is 0.754. The van der Waals surface area contributed by atoms with Gasteiger partial charge >= 0.3 is 0 Å². The molecule has 0 amide bonds. The molecule has 4 aliphatic heterocycles. The number of likely N-dealkylation sites (N-methyl/N-ethyl adjacent to an activating group) is 1. The molecule has 4 heterocycles. The second kappa shape index (κ2) is 5.25. The average Bonchev–Trinajstić information content (AvgIpc) is 2.41. The highest BCUT2D eigenvalue weighted by molar-refractivity contribution is 4.94. The van der Waals surface area contributed by atoms with Crippen molar-refractivity contribution < 1.29 is 0 Å². The van der Waals surface area contributed by atoms with Crippen molar-refractivity contribution in [3.05, 3.63) is 0 Å². The molecule has 3 heteroatoms. The fourth-order valence-electron chi connectivity index (χ4n) is 4.11. The largest absolute Gasteiger partial charge is 0.313 e. The van der Waals surface area contributed by atoms with Gasteiger partial charge in [0.15, 0.2) is 0 Å². The van der Waals surface area contributed by atoms with Crippen LogP contribution in [0.2, 0.25) is 0 Å². The van der Waals surface area contributed by atoms with Gasteiger partial charge in [0.25, 0.3) is 0 Å². The van der Waals surface area contributed by atoms with Gasteiger partial charge in [-0.1, -0.05) is 6.92 Å². The van der Waals surface area contributed by atoms with E-state index >= 15 is 0 Å². The Bertz CT molecular complexity index is 246. The van der Waals surface area contributed by atoms with Crippen molar-refractivity contribution in [2.75, 3.05) is 39.3 Å². The Hall–Kier alpha value is -0.120. The van der Waals surface area contributed by atoms with Crippen LogP contribution in [0, 0.1) is 5.92 Å². The normalized spacial score (nSPS) is 42.9. The van der Waals surface area contributed by atoms with Crippen LogP contribution in [0.25, 0.3) is 0 Å². The highest BCUT2D eigenvalue weighted by atomic mass is 15.3. The molecule has 4 aliphatic rings. The first-order valence-electron chi connectivity index (χ1n) is 7.56. The molecule has 0 aromatic rings.